The van der Waals surface area contributed by atoms with Gasteiger partial charge in [-0.25, -0.2) is 4.79 Å². The summed E-state index contributed by atoms with van der Waals surface area (Å²) in [5.74, 6) is 0.909. The molecule has 3 aromatic carbocycles. The lowest BCUT2D eigenvalue weighted by molar-refractivity contribution is -0.130. The van der Waals surface area contributed by atoms with Gasteiger partial charge in [-0.3, -0.25) is 0 Å². The quantitative estimate of drug-likeness (QED) is 0.203. The second-order valence-electron chi connectivity index (χ2n) is 7.11. The Hall–Kier alpha value is -3.59. The molecule has 0 spiro atoms. The Morgan fingerprint density at radius 1 is 0.690 bits per heavy atom. The second-order valence-corrected chi connectivity index (χ2v) is 7.11. The Labute approximate surface area is 171 Å². The molecule has 0 N–H and O–H groups in total. The number of esters is 1. The number of allylic oxidation sites excluding steroid dienone is 1. The third-order valence-electron chi connectivity index (χ3n) is 4.25. The lowest BCUT2D eigenvalue weighted by Crippen LogP contribution is -2.07. The number of benzene rings is 3. The maximum absolute atomic E-state index is 11.6. The molecule has 0 aliphatic rings. The van der Waals surface area contributed by atoms with Gasteiger partial charge in [-0.05, 0) is 72.9 Å². The van der Waals surface area contributed by atoms with Gasteiger partial charge >= 0.3 is 5.97 Å². The molecule has 0 aliphatic carbocycles. The highest BCUT2D eigenvalue weighted by Crippen LogP contribution is 2.27. The van der Waals surface area contributed by atoms with Gasteiger partial charge in [0.05, 0.1) is 6.26 Å². The number of rotatable bonds is 6. The molecule has 0 heterocycles. The summed E-state index contributed by atoms with van der Waals surface area (Å²) in [5.41, 5.74) is 5.90. The van der Waals surface area contributed by atoms with Crippen LogP contribution < -0.4 is 9.47 Å². The van der Waals surface area contributed by atoms with E-state index in [2.05, 4.69) is 30.8 Å². The minimum absolute atomic E-state index is 0.376. The lowest BCUT2D eigenvalue weighted by Gasteiger charge is -2.08. The fourth-order valence-corrected chi connectivity index (χ4v) is 2.68. The molecule has 146 valence electrons. The van der Waals surface area contributed by atoms with Crippen LogP contribution in [-0.4, -0.2) is 5.97 Å². The molecule has 0 aliphatic heterocycles. The summed E-state index contributed by atoms with van der Waals surface area (Å²) in [6, 6.07) is 23.8. The summed E-state index contributed by atoms with van der Waals surface area (Å²) in [4.78, 5) is 11.6. The number of carbonyl (C=O) groups excluding carboxylic acids is 1. The number of hydrogen-bond acceptors (Lipinski definition) is 3. The zero-order valence-corrected chi connectivity index (χ0v) is 16.9. The first-order valence-corrected chi connectivity index (χ1v) is 9.41. The zero-order chi connectivity index (χ0) is 20.8. The highest BCUT2D eigenvalue weighted by atomic mass is 16.5. The van der Waals surface area contributed by atoms with Crippen LogP contribution in [0.2, 0.25) is 0 Å². The maximum Gasteiger partial charge on any atom is 0.338 e. The molecular formula is C26H24O3. The van der Waals surface area contributed by atoms with Crippen LogP contribution in [0.25, 0.3) is 22.3 Å². The van der Waals surface area contributed by atoms with E-state index < -0.39 is 5.97 Å². The van der Waals surface area contributed by atoms with E-state index in [1.54, 1.807) is 25.3 Å². The molecule has 0 radical (unpaired) electrons. The first kappa shape index (κ1) is 20.2. The molecule has 0 fully saturated rings. The van der Waals surface area contributed by atoms with Gasteiger partial charge in [0.1, 0.15) is 11.5 Å². The molecule has 0 atom stereocenters. The van der Waals surface area contributed by atoms with Crippen molar-refractivity contribution in [3.8, 4) is 33.8 Å². The molecule has 3 aromatic rings. The van der Waals surface area contributed by atoms with Gasteiger partial charge < -0.3 is 9.47 Å². The van der Waals surface area contributed by atoms with E-state index in [0.29, 0.717) is 11.3 Å². The van der Waals surface area contributed by atoms with Crippen LogP contribution in [0.5, 0.6) is 11.5 Å². The fourth-order valence-electron chi connectivity index (χ4n) is 2.68. The molecule has 3 rings (SSSR count). The number of carbonyl (C=O) groups is 1. The van der Waals surface area contributed by atoms with Crippen molar-refractivity contribution in [2.75, 3.05) is 0 Å². The van der Waals surface area contributed by atoms with Crippen molar-refractivity contribution in [3.63, 3.8) is 0 Å². The van der Waals surface area contributed by atoms with Gasteiger partial charge in [-0.15, -0.1) is 0 Å². The second kappa shape index (κ2) is 9.07. The van der Waals surface area contributed by atoms with Gasteiger partial charge in [0, 0.05) is 5.57 Å². The first-order valence-electron chi connectivity index (χ1n) is 9.41. The summed E-state index contributed by atoms with van der Waals surface area (Å²) < 4.78 is 10.8. The Bertz CT molecular complexity index is 1020. The topological polar surface area (TPSA) is 35.5 Å². The minimum Gasteiger partial charge on any atom is -0.465 e. The standard InChI is InChI=1S/C26H24O3/c1-18(2)17-28-24-13-9-22(10-14-24)20-5-7-21(8-6-20)23-11-15-25(16-12-23)29-26(27)19(3)4/h5-17H,3H2,1-2,4H3. The molecule has 3 nitrogen and oxygen atoms in total. The van der Waals surface area contributed by atoms with Crippen molar-refractivity contribution in [2.24, 2.45) is 0 Å². The zero-order valence-electron chi connectivity index (χ0n) is 16.9. The van der Waals surface area contributed by atoms with Crippen molar-refractivity contribution in [2.45, 2.75) is 20.8 Å². The molecule has 0 aromatic heterocycles. The highest BCUT2D eigenvalue weighted by Gasteiger charge is 2.06. The Kier molecular flexibility index (Phi) is 6.30. The minimum atomic E-state index is -0.417. The molecule has 0 bridgehead atoms. The Balaban J connectivity index is 1.70. The highest BCUT2D eigenvalue weighted by molar-refractivity contribution is 5.88. The summed E-state index contributed by atoms with van der Waals surface area (Å²) in [7, 11) is 0. The van der Waals surface area contributed by atoms with E-state index >= 15 is 0 Å². The predicted molar refractivity (Wildman–Crippen MR) is 118 cm³/mol. The maximum atomic E-state index is 11.6. The predicted octanol–water partition coefficient (Wildman–Crippen LogP) is 6.80. The molecule has 3 heteroatoms. The monoisotopic (exact) mass is 384 g/mol. The van der Waals surface area contributed by atoms with Crippen molar-refractivity contribution in [1.29, 1.82) is 0 Å². The third-order valence-corrected chi connectivity index (χ3v) is 4.25. The molecule has 0 unspecified atom stereocenters. The number of hydrogen-bond donors (Lipinski definition) is 0. The van der Waals surface area contributed by atoms with Crippen molar-refractivity contribution < 1.29 is 14.3 Å². The van der Waals surface area contributed by atoms with Crippen molar-refractivity contribution in [3.05, 3.63) is 96.8 Å². The van der Waals surface area contributed by atoms with Gasteiger partial charge in [0.2, 0.25) is 0 Å². The summed E-state index contributed by atoms with van der Waals surface area (Å²) >= 11 is 0. The van der Waals surface area contributed by atoms with Gasteiger partial charge in [0.15, 0.2) is 0 Å². The van der Waals surface area contributed by atoms with Crippen LogP contribution in [0.3, 0.4) is 0 Å². The average Bonchev–Trinajstić information content (AvgIpc) is 2.73. The van der Waals surface area contributed by atoms with Gasteiger partial charge in [0.25, 0.3) is 0 Å². The normalized spacial score (nSPS) is 10.2. The largest absolute Gasteiger partial charge is 0.465 e. The summed E-state index contributed by atoms with van der Waals surface area (Å²) in [6.07, 6.45) is 1.74. The van der Waals surface area contributed by atoms with E-state index in [1.807, 2.05) is 50.2 Å². The summed E-state index contributed by atoms with van der Waals surface area (Å²) in [5, 5.41) is 0. The molecule has 0 saturated heterocycles. The van der Waals surface area contributed by atoms with Crippen molar-refractivity contribution in [1.82, 2.24) is 0 Å². The fraction of sp³-hybridized carbons (Fsp3) is 0.115. The molecule has 0 amide bonds. The van der Waals surface area contributed by atoms with Crippen LogP contribution >= 0.6 is 0 Å². The van der Waals surface area contributed by atoms with E-state index in [-0.39, 0.29) is 0 Å². The van der Waals surface area contributed by atoms with Gasteiger partial charge in [-0.2, -0.15) is 0 Å². The van der Waals surface area contributed by atoms with E-state index in [9.17, 15) is 4.79 Å². The van der Waals surface area contributed by atoms with E-state index in [4.69, 9.17) is 9.47 Å². The summed E-state index contributed by atoms with van der Waals surface area (Å²) in [6.45, 7) is 9.21. The van der Waals surface area contributed by atoms with Crippen LogP contribution in [0.15, 0.2) is 96.8 Å². The first-order chi connectivity index (χ1) is 13.9. The van der Waals surface area contributed by atoms with Crippen molar-refractivity contribution >= 4 is 5.97 Å². The van der Waals surface area contributed by atoms with Crippen LogP contribution in [0, 0.1) is 0 Å². The Morgan fingerprint density at radius 2 is 1.07 bits per heavy atom. The lowest BCUT2D eigenvalue weighted by atomic mass is 10.0. The van der Waals surface area contributed by atoms with Crippen LogP contribution in [0.4, 0.5) is 0 Å². The van der Waals surface area contributed by atoms with Crippen LogP contribution in [0.1, 0.15) is 20.8 Å². The molecule has 0 saturated carbocycles. The van der Waals surface area contributed by atoms with E-state index in [1.165, 1.54) is 0 Å². The SMILES string of the molecule is C=C(C)C(=O)Oc1ccc(-c2ccc(-c3ccc(OC=C(C)C)cc3)cc2)cc1. The third kappa shape index (κ3) is 5.45. The number of ether oxygens (including phenoxy) is 2. The molecular weight excluding hydrogens is 360 g/mol. The Morgan fingerprint density at radius 3 is 1.45 bits per heavy atom. The molecule has 29 heavy (non-hydrogen) atoms. The van der Waals surface area contributed by atoms with E-state index in [0.717, 1.165) is 33.6 Å². The van der Waals surface area contributed by atoms with Crippen LogP contribution in [-0.2, 0) is 4.79 Å². The average molecular weight is 384 g/mol. The smallest absolute Gasteiger partial charge is 0.338 e. The van der Waals surface area contributed by atoms with Gasteiger partial charge in [-0.1, -0.05) is 55.1 Å².